The van der Waals surface area contributed by atoms with Crippen molar-refractivity contribution in [2.75, 3.05) is 6.54 Å². The predicted octanol–water partition coefficient (Wildman–Crippen LogP) is 5.11. The molecule has 2 aromatic heterocycles. The second-order valence-corrected chi connectivity index (χ2v) is 9.79. The maximum absolute atomic E-state index is 13.3. The van der Waals surface area contributed by atoms with Gasteiger partial charge in [-0.15, -0.1) is 10.2 Å². The Hall–Kier alpha value is -2.54. The Labute approximate surface area is 187 Å². The van der Waals surface area contributed by atoms with Gasteiger partial charge in [0, 0.05) is 19.1 Å². The minimum atomic E-state index is -0.221. The second-order valence-electron chi connectivity index (χ2n) is 8.48. The molecule has 1 atom stereocenters. The number of fused-ring (bicyclic) bond motifs is 1. The standard InChI is InChI=1S/C24H28N4O2S/c1-17(23(29)27-14-13-18-8-5-6-9-19(18)16-27)31-24-26-25-22(21-12-7-15-30-21)28(24)20-10-3-2-4-11-20/h5-9,12,15,17,20H,2-4,10-11,13-14,16H2,1H3. The first-order valence-corrected chi connectivity index (χ1v) is 12.1. The zero-order valence-electron chi connectivity index (χ0n) is 17.9. The number of aromatic nitrogens is 3. The van der Waals surface area contributed by atoms with E-state index in [1.807, 2.05) is 30.0 Å². The summed E-state index contributed by atoms with van der Waals surface area (Å²) in [5.41, 5.74) is 2.61. The van der Waals surface area contributed by atoms with Crippen LogP contribution in [0.2, 0.25) is 0 Å². The van der Waals surface area contributed by atoms with E-state index in [9.17, 15) is 4.79 Å². The number of benzene rings is 1. The van der Waals surface area contributed by atoms with E-state index in [1.165, 1.54) is 42.2 Å². The van der Waals surface area contributed by atoms with Crippen molar-refractivity contribution < 1.29 is 9.21 Å². The zero-order chi connectivity index (χ0) is 21.2. The lowest BCUT2D eigenvalue weighted by molar-refractivity contribution is -0.131. The molecule has 1 amide bonds. The molecule has 3 aromatic rings. The summed E-state index contributed by atoms with van der Waals surface area (Å²) >= 11 is 1.52. The average molecular weight is 437 g/mol. The number of carbonyl (C=O) groups is 1. The van der Waals surface area contributed by atoms with Crippen LogP contribution < -0.4 is 0 Å². The van der Waals surface area contributed by atoms with Crippen LogP contribution in [0.15, 0.2) is 52.2 Å². The number of amides is 1. The largest absolute Gasteiger partial charge is 0.461 e. The highest BCUT2D eigenvalue weighted by Crippen LogP contribution is 2.37. The highest BCUT2D eigenvalue weighted by Gasteiger charge is 2.30. The van der Waals surface area contributed by atoms with Crippen LogP contribution in [0.1, 0.15) is 56.2 Å². The topological polar surface area (TPSA) is 64.2 Å². The average Bonchev–Trinajstić information content (AvgIpc) is 3.49. The molecule has 0 radical (unpaired) electrons. The molecule has 1 aromatic carbocycles. The molecule has 1 unspecified atom stereocenters. The molecule has 0 saturated heterocycles. The van der Waals surface area contributed by atoms with Crippen molar-refractivity contribution in [3.8, 4) is 11.6 Å². The van der Waals surface area contributed by atoms with E-state index < -0.39 is 0 Å². The third kappa shape index (κ3) is 4.15. The minimum Gasteiger partial charge on any atom is -0.461 e. The molecule has 0 N–H and O–H groups in total. The smallest absolute Gasteiger partial charge is 0.236 e. The molecular weight excluding hydrogens is 408 g/mol. The van der Waals surface area contributed by atoms with Crippen LogP contribution in [0.4, 0.5) is 0 Å². The number of nitrogens with zero attached hydrogens (tertiary/aromatic N) is 4. The van der Waals surface area contributed by atoms with Crippen molar-refractivity contribution >= 4 is 17.7 Å². The Morgan fingerprint density at radius 1 is 1.10 bits per heavy atom. The number of hydrogen-bond acceptors (Lipinski definition) is 5. The highest BCUT2D eigenvalue weighted by molar-refractivity contribution is 8.00. The van der Waals surface area contributed by atoms with Gasteiger partial charge in [-0.25, -0.2) is 0 Å². The highest BCUT2D eigenvalue weighted by atomic mass is 32.2. The number of carbonyl (C=O) groups excluding carboxylic acids is 1. The number of rotatable bonds is 5. The first kappa shape index (κ1) is 20.4. The minimum absolute atomic E-state index is 0.164. The molecule has 2 aliphatic rings. The lowest BCUT2D eigenvalue weighted by Gasteiger charge is -2.31. The van der Waals surface area contributed by atoms with Gasteiger partial charge in [0.15, 0.2) is 10.9 Å². The molecule has 1 aliphatic heterocycles. The molecule has 1 aliphatic carbocycles. The van der Waals surface area contributed by atoms with Gasteiger partial charge in [0.1, 0.15) is 0 Å². The number of furan rings is 1. The Bertz CT molecular complexity index is 1040. The van der Waals surface area contributed by atoms with Gasteiger partial charge in [0.05, 0.1) is 11.5 Å². The summed E-state index contributed by atoms with van der Waals surface area (Å²) in [6.07, 6.45) is 8.53. The lowest BCUT2D eigenvalue weighted by Crippen LogP contribution is -2.40. The predicted molar refractivity (Wildman–Crippen MR) is 121 cm³/mol. The fourth-order valence-corrected chi connectivity index (χ4v) is 5.75. The van der Waals surface area contributed by atoms with Gasteiger partial charge >= 0.3 is 0 Å². The summed E-state index contributed by atoms with van der Waals surface area (Å²) in [5.74, 6) is 1.67. The third-order valence-electron chi connectivity index (χ3n) is 6.42. The molecular formula is C24H28N4O2S. The molecule has 1 fully saturated rings. The van der Waals surface area contributed by atoms with Crippen molar-refractivity contribution in [1.29, 1.82) is 0 Å². The lowest BCUT2D eigenvalue weighted by atomic mass is 9.95. The molecule has 6 nitrogen and oxygen atoms in total. The summed E-state index contributed by atoms with van der Waals surface area (Å²) in [4.78, 5) is 15.2. The van der Waals surface area contributed by atoms with E-state index in [2.05, 4.69) is 33.0 Å². The summed E-state index contributed by atoms with van der Waals surface area (Å²) in [5, 5.41) is 9.55. The van der Waals surface area contributed by atoms with Gasteiger partial charge in [0.2, 0.25) is 11.7 Å². The normalized spacial score (nSPS) is 18.0. The number of hydrogen-bond donors (Lipinski definition) is 0. The van der Waals surface area contributed by atoms with E-state index in [0.29, 0.717) is 12.6 Å². The van der Waals surface area contributed by atoms with Gasteiger partial charge < -0.3 is 9.32 Å². The maximum atomic E-state index is 13.3. The van der Waals surface area contributed by atoms with Gasteiger partial charge in [-0.05, 0) is 49.4 Å². The van der Waals surface area contributed by atoms with Crippen LogP contribution >= 0.6 is 11.8 Å². The summed E-state index contributed by atoms with van der Waals surface area (Å²) in [7, 11) is 0. The van der Waals surface area contributed by atoms with Crippen molar-refractivity contribution in [1.82, 2.24) is 19.7 Å². The summed E-state index contributed by atoms with van der Waals surface area (Å²) < 4.78 is 7.86. The van der Waals surface area contributed by atoms with Crippen LogP contribution in [0.25, 0.3) is 11.6 Å². The van der Waals surface area contributed by atoms with Gasteiger partial charge in [-0.1, -0.05) is 55.3 Å². The van der Waals surface area contributed by atoms with Crippen molar-refractivity contribution in [3.63, 3.8) is 0 Å². The molecule has 5 rings (SSSR count). The molecule has 0 bridgehead atoms. The zero-order valence-corrected chi connectivity index (χ0v) is 18.7. The molecule has 162 valence electrons. The molecule has 0 spiro atoms. The van der Waals surface area contributed by atoms with Gasteiger partial charge in [0.25, 0.3) is 0 Å². The van der Waals surface area contributed by atoms with Gasteiger partial charge in [-0.3, -0.25) is 9.36 Å². The van der Waals surface area contributed by atoms with Crippen LogP contribution in [0.5, 0.6) is 0 Å². The van der Waals surface area contributed by atoms with E-state index in [0.717, 1.165) is 42.5 Å². The fraction of sp³-hybridized carbons (Fsp3) is 0.458. The van der Waals surface area contributed by atoms with E-state index in [-0.39, 0.29) is 11.2 Å². The SMILES string of the molecule is CC(Sc1nnc(-c2ccco2)n1C1CCCCC1)C(=O)N1CCc2ccccc2C1. The second kappa shape index (κ2) is 8.91. The van der Waals surface area contributed by atoms with E-state index in [4.69, 9.17) is 4.42 Å². The van der Waals surface area contributed by atoms with E-state index >= 15 is 0 Å². The van der Waals surface area contributed by atoms with Crippen molar-refractivity contribution in [3.05, 3.63) is 53.8 Å². The Kier molecular flexibility index (Phi) is 5.85. The third-order valence-corrected chi connectivity index (χ3v) is 7.46. The Morgan fingerprint density at radius 3 is 2.68 bits per heavy atom. The molecule has 7 heteroatoms. The fourth-order valence-electron chi connectivity index (χ4n) is 4.75. The number of thioether (sulfide) groups is 1. The molecule has 3 heterocycles. The van der Waals surface area contributed by atoms with E-state index in [1.54, 1.807) is 6.26 Å². The van der Waals surface area contributed by atoms with Crippen LogP contribution in [-0.4, -0.2) is 37.4 Å². The first-order chi connectivity index (χ1) is 15.2. The van der Waals surface area contributed by atoms with Crippen LogP contribution in [0, 0.1) is 0 Å². The maximum Gasteiger partial charge on any atom is 0.236 e. The van der Waals surface area contributed by atoms with Crippen molar-refractivity contribution in [2.24, 2.45) is 0 Å². The molecule has 31 heavy (non-hydrogen) atoms. The first-order valence-electron chi connectivity index (χ1n) is 11.2. The summed E-state index contributed by atoms with van der Waals surface area (Å²) in [6, 6.07) is 12.6. The monoisotopic (exact) mass is 436 g/mol. The Morgan fingerprint density at radius 2 is 1.90 bits per heavy atom. The summed E-state index contributed by atoms with van der Waals surface area (Å²) in [6.45, 7) is 3.44. The van der Waals surface area contributed by atoms with Gasteiger partial charge in [-0.2, -0.15) is 0 Å². The molecule has 1 saturated carbocycles. The van der Waals surface area contributed by atoms with Crippen LogP contribution in [0.3, 0.4) is 0 Å². The Balaban J connectivity index is 1.36. The van der Waals surface area contributed by atoms with Crippen molar-refractivity contribution in [2.45, 2.75) is 68.4 Å². The van der Waals surface area contributed by atoms with Crippen LogP contribution in [-0.2, 0) is 17.8 Å². The quantitative estimate of drug-likeness (QED) is 0.520.